The van der Waals surface area contributed by atoms with E-state index < -0.39 is 0 Å². The molecule has 0 atom stereocenters. The molecule has 0 saturated heterocycles. The van der Waals surface area contributed by atoms with Gasteiger partial charge in [-0.1, -0.05) is 5.92 Å². The van der Waals surface area contributed by atoms with Gasteiger partial charge >= 0.3 is 6.41 Å². The fourth-order valence-electron chi connectivity index (χ4n) is 0.498. The summed E-state index contributed by atoms with van der Waals surface area (Å²) in [5.41, 5.74) is -0.214. The van der Waals surface area contributed by atoms with Crippen LogP contribution < -0.4 is 0 Å². The summed E-state index contributed by atoms with van der Waals surface area (Å²) >= 11 is 0. The average molecular weight is 138 g/mol. The van der Waals surface area contributed by atoms with Crippen molar-refractivity contribution in [3.05, 3.63) is 0 Å². The first-order valence-corrected chi connectivity index (χ1v) is 3.11. The second kappa shape index (κ2) is 3.26. The van der Waals surface area contributed by atoms with Gasteiger partial charge in [0, 0.05) is 5.54 Å². The molecule has 0 saturated carbocycles. The zero-order valence-corrected chi connectivity index (χ0v) is 6.64. The number of carbonyl (C=O) groups excluding carboxylic acids is 1. The summed E-state index contributed by atoms with van der Waals surface area (Å²) in [5.74, 6) is 2.39. The summed E-state index contributed by atoms with van der Waals surface area (Å²) in [6.45, 7) is 6.06. The summed E-state index contributed by atoms with van der Waals surface area (Å²) in [6.07, 6.45) is 6.81. The van der Waals surface area contributed by atoms with Crippen LogP contribution in [-0.4, -0.2) is 23.4 Å². The molecule has 0 fully saturated rings. The SMILES string of the molecule is C#CCN([C]=O)C(C)(C)C. The molecule has 0 heterocycles. The highest BCUT2D eigenvalue weighted by Crippen LogP contribution is 2.08. The number of rotatable bonds is 2. The van der Waals surface area contributed by atoms with Gasteiger partial charge < -0.3 is 4.90 Å². The van der Waals surface area contributed by atoms with E-state index in [9.17, 15) is 4.79 Å². The van der Waals surface area contributed by atoms with Crippen molar-refractivity contribution in [3.8, 4) is 12.3 Å². The Morgan fingerprint density at radius 1 is 1.50 bits per heavy atom. The first-order valence-electron chi connectivity index (χ1n) is 3.11. The van der Waals surface area contributed by atoms with E-state index in [0.717, 1.165) is 0 Å². The van der Waals surface area contributed by atoms with Gasteiger partial charge in [-0.25, -0.2) is 0 Å². The van der Waals surface area contributed by atoms with E-state index in [1.807, 2.05) is 20.8 Å². The van der Waals surface area contributed by atoms with Crippen LogP contribution in [0, 0.1) is 12.3 Å². The Bertz CT molecular complexity index is 150. The minimum absolute atomic E-state index is 0.214. The van der Waals surface area contributed by atoms with Crippen molar-refractivity contribution in [2.75, 3.05) is 6.54 Å². The van der Waals surface area contributed by atoms with E-state index in [4.69, 9.17) is 6.42 Å². The average Bonchev–Trinajstić information content (AvgIpc) is 1.80. The van der Waals surface area contributed by atoms with Crippen LogP contribution in [0.3, 0.4) is 0 Å². The summed E-state index contributed by atoms with van der Waals surface area (Å²) < 4.78 is 0. The molecule has 0 rings (SSSR count). The van der Waals surface area contributed by atoms with Crippen LogP contribution in [0.1, 0.15) is 20.8 Å². The van der Waals surface area contributed by atoms with E-state index >= 15 is 0 Å². The third-order valence-corrected chi connectivity index (χ3v) is 1.17. The predicted molar refractivity (Wildman–Crippen MR) is 41.0 cm³/mol. The van der Waals surface area contributed by atoms with Crippen molar-refractivity contribution in [2.24, 2.45) is 0 Å². The third-order valence-electron chi connectivity index (χ3n) is 1.17. The quantitative estimate of drug-likeness (QED) is 0.408. The maximum Gasteiger partial charge on any atom is 0.313 e. The van der Waals surface area contributed by atoms with Gasteiger partial charge in [-0.2, -0.15) is 0 Å². The molecule has 0 aliphatic heterocycles. The van der Waals surface area contributed by atoms with E-state index in [2.05, 4.69) is 5.92 Å². The van der Waals surface area contributed by atoms with E-state index in [1.54, 1.807) is 6.41 Å². The van der Waals surface area contributed by atoms with E-state index in [0.29, 0.717) is 6.54 Å². The van der Waals surface area contributed by atoms with Gasteiger partial charge in [0.2, 0.25) is 0 Å². The van der Waals surface area contributed by atoms with Crippen LogP contribution in [0.2, 0.25) is 0 Å². The van der Waals surface area contributed by atoms with Crippen molar-refractivity contribution in [2.45, 2.75) is 26.3 Å². The molecular weight excluding hydrogens is 126 g/mol. The molecule has 0 bridgehead atoms. The van der Waals surface area contributed by atoms with Crippen molar-refractivity contribution in [1.82, 2.24) is 4.90 Å². The number of amides is 1. The van der Waals surface area contributed by atoms with Crippen LogP contribution in [-0.2, 0) is 4.79 Å². The summed E-state index contributed by atoms with van der Waals surface area (Å²) in [5, 5.41) is 0. The molecule has 55 valence electrons. The number of terminal acetylenes is 1. The van der Waals surface area contributed by atoms with Gasteiger partial charge in [-0.3, -0.25) is 4.79 Å². The van der Waals surface area contributed by atoms with Crippen LogP contribution in [0.15, 0.2) is 0 Å². The Balaban J connectivity index is 4.10. The van der Waals surface area contributed by atoms with Crippen molar-refractivity contribution >= 4 is 6.41 Å². The molecular formula is C8H12NO. The lowest BCUT2D eigenvalue weighted by Gasteiger charge is -2.29. The summed E-state index contributed by atoms with van der Waals surface area (Å²) in [6, 6.07) is 0. The minimum Gasteiger partial charge on any atom is -0.318 e. The van der Waals surface area contributed by atoms with E-state index in [1.165, 1.54) is 4.90 Å². The molecule has 2 nitrogen and oxygen atoms in total. The molecule has 2 heteroatoms. The van der Waals surface area contributed by atoms with Gasteiger partial charge in [0.1, 0.15) is 0 Å². The molecule has 0 aromatic carbocycles. The highest BCUT2D eigenvalue weighted by atomic mass is 16.1. The second-order valence-corrected chi connectivity index (χ2v) is 3.05. The predicted octanol–water partition coefficient (Wildman–Crippen LogP) is 0.787. The minimum atomic E-state index is -0.214. The summed E-state index contributed by atoms with van der Waals surface area (Å²) in [4.78, 5) is 11.7. The standard InChI is InChI=1S/C8H12NO/c1-5-6-9(7-10)8(2,3)4/h1H,6H2,2-4H3. The van der Waals surface area contributed by atoms with Gasteiger partial charge in [-0.05, 0) is 20.8 Å². The van der Waals surface area contributed by atoms with E-state index in [-0.39, 0.29) is 5.54 Å². The number of hydrogen-bond acceptors (Lipinski definition) is 1. The first kappa shape index (κ1) is 9.03. The molecule has 0 aromatic heterocycles. The van der Waals surface area contributed by atoms with Crippen molar-refractivity contribution in [1.29, 1.82) is 0 Å². The van der Waals surface area contributed by atoms with Crippen molar-refractivity contribution in [3.63, 3.8) is 0 Å². The molecule has 1 radical (unpaired) electrons. The zero-order chi connectivity index (χ0) is 8.20. The fourth-order valence-corrected chi connectivity index (χ4v) is 0.498. The smallest absolute Gasteiger partial charge is 0.313 e. The zero-order valence-electron chi connectivity index (χ0n) is 6.64. The Hall–Kier alpha value is -0.970. The molecule has 0 N–H and O–H groups in total. The van der Waals surface area contributed by atoms with Crippen molar-refractivity contribution < 1.29 is 4.79 Å². The largest absolute Gasteiger partial charge is 0.318 e. The maximum absolute atomic E-state index is 10.2. The lowest BCUT2D eigenvalue weighted by Crippen LogP contribution is -2.40. The number of nitrogens with zero attached hydrogens (tertiary/aromatic N) is 1. The monoisotopic (exact) mass is 138 g/mol. The molecule has 0 unspecified atom stereocenters. The third kappa shape index (κ3) is 2.54. The lowest BCUT2D eigenvalue weighted by molar-refractivity contribution is 0.249. The molecule has 0 aromatic rings. The normalized spacial score (nSPS) is 10.2. The molecule has 1 amide bonds. The molecule has 0 aliphatic carbocycles. The van der Waals surface area contributed by atoms with Crippen LogP contribution >= 0.6 is 0 Å². The Morgan fingerprint density at radius 2 is 2.00 bits per heavy atom. The molecule has 10 heavy (non-hydrogen) atoms. The Kier molecular flexibility index (Phi) is 2.95. The van der Waals surface area contributed by atoms with Crippen LogP contribution in [0.4, 0.5) is 0 Å². The van der Waals surface area contributed by atoms with Crippen LogP contribution in [0.5, 0.6) is 0 Å². The number of hydrogen-bond donors (Lipinski definition) is 0. The first-order chi connectivity index (χ1) is 4.52. The maximum atomic E-state index is 10.2. The van der Waals surface area contributed by atoms with Gasteiger partial charge in [-0.15, -0.1) is 6.42 Å². The van der Waals surface area contributed by atoms with Gasteiger partial charge in [0.15, 0.2) is 0 Å². The fraction of sp³-hybridized carbons (Fsp3) is 0.625. The highest BCUT2D eigenvalue weighted by Gasteiger charge is 2.18. The second-order valence-electron chi connectivity index (χ2n) is 3.05. The molecule has 0 aliphatic rings. The molecule has 0 spiro atoms. The topological polar surface area (TPSA) is 20.3 Å². The van der Waals surface area contributed by atoms with Gasteiger partial charge in [0.25, 0.3) is 0 Å². The van der Waals surface area contributed by atoms with Crippen LogP contribution in [0.25, 0.3) is 0 Å². The van der Waals surface area contributed by atoms with Gasteiger partial charge in [0.05, 0.1) is 6.54 Å². The Labute approximate surface area is 62.2 Å². The highest BCUT2D eigenvalue weighted by molar-refractivity contribution is 5.50. The summed E-state index contributed by atoms with van der Waals surface area (Å²) in [7, 11) is 0. The lowest BCUT2D eigenvalue weighted by atomic mass is 10.1. The Morgan fingerprint density at radius 3 is 2.10 bits per heavy atom.